The van der Waals surface area contributed by atoms with Crippen molar-refractivity contribution in [3.8, 4) is 0 Å². The first-order valence-electron chi connectivity index (χ1n) is 6.34. The van der Waals surface area contributed by atoms with Crippen molar-refractivity contribution in [1.82, 2.24) is 0 Å². The molecule has 1 heterocycles. The van der Waals surface area contributed by atoms with Gasteiger partial charge in [-0.05, 0) is 45.4 Å². The van der Waals surface area contributed by atoms with Crippen molar-refractivity contribution in [2.24, 2.45) is 0 Å². The average Bonchev–Trinajstić information content (AvgIpc) is 2.48. The van der Waals surface area contributed by atoms with E-state index < -0.39 is 0 Å². The lowest BCUT2D eigenvalue weighted by Gasteiger charge is -2.32. The highest BCUT2D eigenvalue weighted by Gasteiger charge is 2.52. The van der Waals surface area contributed by atoms with Gasteiger partial charge in [0.05, 0.1) is 11.2 Å². The first-order chi connectivity index (χ1) is 8.23. The van der Waals surface area contributed by atoms with Crippen molar-refractivity contribution in [3.63, 3.8) is 0 Å². The van der Waals surface area contributed by atoms with Crippen molar-refractivity contribution in [2.45, 2.75) is 51.6 Å². The molecule has 0 aromatic heterocycles. The second-order valence-corrected chi connectivity index (χ2v) is 6.40. The van der Waals surface area contributed by atoms with E-state index in [1.165, 1.54) is 5.56 Å². The lowest BCUT2D eigenvalue weighted by atomic mass is 9.69. The summed E-state index contributed by atoms with van der Waals surface area (Å²) in [6, 6.07) is 7.85. The van der Waals surface area contributed by atoms with Crippen molar-refractivity contribution < 1.29 is 9.31 Å². The molecule has 1 fully saturated rings. The van der Waals surface area contributed by atoms with E-state index in [9.17, 15) is 0 Å². The molecular weight excluding hydrogens is 246 g/mol. The third kappa shape index (κ3) is 2.44. The van der Waals surface area contributed by atoms with E-state index in [-0.39, 0.29) is 24.1 Å². The fraction of sp³-hybridized carbons (Fsp3) is 0.571. The molecule has 1 atom stereocenters. The summed E-state index contributed by atoms with van der Waals surface area (Å²) in [5, 5.41) is 0.750. The van der Waals surface area contributed by atoms with Crippen LogP contribution in [0.2, 0.25) is 5.02 Å². The van der Waals surface area contributed by atoms with Gasteiger partial charge in [0, 0.05) is 10.8 Å². The number of benzene rings is 1. The standard InChI is InChI=1S/C14H20BClO2/c1-10(11-6-8-12(16)9-7-11)15-17-13(2,3)14(4,5)18-15/h6-10H,1-5H3/t10-/m1/s1. The van der Waals surface area contributed by atoms with E-state index in [0.29, 0.717) is 0 Å². The van der Waals surface area contributed by atoms with E-state index in [1.54, 1.807) is 0 Å². The molecule has 1 aromatic carbocycles. The zero-order chi connectivity index (χ0) is 13.6. The summed E-state index contributed by atoms with van der Waals surface area (Å²) in [7, 11) is -0.212. The van der Waals surface area contributed by atoms with E-state index >= 15 is 0 Å². The van der Waals surface area contributed by atoms with Crippen LogP contribution in [-0.2, 0) is 9.31 Å². The molecule has 0 spiro atoms. The van der Waals surface area contributed by atoms with Crippen LogP contribution in [0.25, 0.3) is 0 Å². The highest BCUT2D eigenvalue weighted by Crippen LogP contribution is 2.40. The maximum Gasteiger partial charge on any atom is 0.465 e. The minimum absolute atomic E-state index is 0.184. The zero-order valence-electron chi connectivity index (χ0n) is 11.7. The minimum Gasteiger partial charge on any atom is -0.403 e. The largest absolute Gasteiger partial charge is 0.465 e. The number of rotatable bonds is 2. The normalized spacial score (nSPS) is 23.1. The van der Waals surface area contributed by atoms with Gasteiger partial charge in [-0.2, -0.15) is 0 Å². The Morgan fingerprint density at radius 2 is 1.44 bits per heavy atom. The first-order valence-corrected chi connectivity index (χ1v) is 6.72. The third-order valence-corrected chi connectivity index (χ3v) is 4.33. The van der Waals surface area contributed by atoms with Crippen molar-refractivity contribution in [2.75, 3.05) is 0 Å². The molecule has 1 saturated heterocycles. The lowest BCUT2D eigenvalue weighted by Crippen LogP contribution is -2.41. The Bertz CT molecular complexity index is 412. The van der Waals surface area contributed by atoms with Crippen LogP contribution >= 0.6 is 11.6 Å². The molecule has 4 heteroatoms. The second kappa shape index (κ2) is 4.55. The molecule has 1 aliphatic rings. The summed E-state index contributed by atoms with van der Waals surface area (Å²) in [6.07, 6.45) is 0. The monoisotopic (exact) mass is 266 g/mol. The molecule has 2 rings (SSSR count). The number of hydrogen-bond donors (Lipinski definition) is 0. The molecule has 1 aromatic rings. The molecule has 0 radical (unpaired) electrons. The molecular formula is C14H20BClO2. The van der Waals surface area contributed by atoms with Crippen molar-refractivity contribution in [1.29, 1.82) is 0 Å². The van der Waals surface area contributed by atoms with Crippen LogP contribution in [-0.4, -0.2) is 18.3 Å². The molecule has 0 saturated carbocycles. The van der Waals surface area contributed by atoms with E-state index in [4.69, 9.17) is 20.9 Å². The van der Waals surface area contributed by atoms with Crippen LogP contribution in [0.15, 0.2) is 24.3 Å². The van der Waals surface area contributed by atoms with Gasteiger partial charge in [0.15, 0.2) is 0 Å². The van der Waals surface area contributed by atoms with Gasteiger partial charge in [-0.1, -0.05) is 30.7 Å². The maximum atomic E-state index is 6.06. The summed E-state index contributed by atoms with van der Waals surface area (Å²) >= 11 is 5.90. The van der Waals surface area contributed by atoms with Gasteiger partial charge in [-0.15, -0.1) is 0 Å². The topological polar surface area (TPSA) is 18.5 Å². The second-order valence-electron chi connectivity index (χ2n) is 5.96. The average molecular weight is 267 g/mol. The van der Waals surface area contributed by atoms with Crippen molar-refractivity contribution >= 4 is 18.7 Å². The minimum atomic E-state index is -0.279. The Hall–Kier alpha value is -0.505. The van der Waals surface area contributed by atoms with Gasteiger partial charge in [0.2, 0.25) is 0 Å². The maximum absolute atomic E-state index is 6.06. The molecule has 98 valence electrons. The smallest absolute Gasteiger partial charge is 0.403 e. The summed E-state index contributed by atoms with van der Waals surface area (Å²) < 4.78 is 12.1. The third-order valence-electron chi connectivity index (χ3n) is 4.08. The SMILES string of the molecule is C[C@@H](B1OC(C)(C)C(C)(C)O1)c1ccc(Cl)cc1. The summed E-state index contributed by atoms with van der Waals surface area (Å²) in [5.74, 6) is 0.184. The summed E-state index contributed by atoms with van der Waals surface area (Å²) in [4.78, 5) is 0. The Morgan fingerprint density at radius 3 is 1.89 bits per heavy atom. The molecule has 0 N–H and O–H groups in total. The van der Waals surface area contributed by atoms with Gasteiger partial charge in [0.25, 0.3) is 0 Å². The summed E-state index contributed by atoms with van der Waals surface area (Å²) in [6.45, 7) is 10.4. The number of hydrogen-bond acceptors (Lipinski definition) is 2. The fourth-order valence-corrected chi connectivity index (χ4v) is 2.14. The van der Waals surface area contributed by atoms with Gasteiger partial charge in [0.1, 0.15) is 0 Å². The van der Waals surface area contributed by atoms with E-state index in [1.807, 2.05) is 24.3 Å². The number of halogens is 1. The predicted molar refractivity (Wildman–Crippen MR) is 75.9 cm³/mol. The molecule has 2 nitrogen and oxygen atoms in total. The first kappa shape index (κ1) is 13.9. The molecule has 18 heavy (non-hydrogen) atoms. The van der Waals surface area contributed by atoms with Crippen LogP contribution in [0.4, 0.5) is 0 Å². The predicted octanol–water partition coefficient (Wildman–Crippen LogP) is 4.07. The van der Waals surface area contributed by atoms with Gasteiger partial charge in [-0.25, -0.2) is 0 Å². The Kier molecular flexibility index (Phi) is 3.52. The molecule has 0 unspecified atom stereocenters. The summed E-state index contributed by atoms with van der Waals surface area (Å²) in [5.41, 5.74) is 0.620. The van der Waals surface area contributed by atoms with Crippen LogP contribution in [0, 0.1) is 0 Å². The van der Waals surface area contributed by atoms with Crippen LogP contribution in [0.5, 0.6) is 0 Å². The van der Waals surface area contributed by atoms with Gasteiger partial charge in [-0.3, -0.25) is 0 Å². The van der Waals surface area contributed by atoms with Crippen LogP contribution in [0.3, 0.4) is 0 Å². The van der Waals surface area contributed by atoms with E-state index in [0.717, 1.165) is 5.02 Å². The molecule has 0 amide bonds. The lowest BCUT2D eigenvalue weighted by molar-refractivity contribution is 0.00578. The highest BCUT2D eigenvalue weighted by molar-refractivity contribution is 6.47. The zero-order valence-corrected chi connectivity index (χ0v) is 12.4. The van der Waals surface area contributed by atoms with Gasteiger partial charge >= 0.3 is 7.12 Å². The molecule has 1 aliphatic heterocycles. The Balaban J connectivity index is 2.17. The van der Waals surface area contributed by atoms with E-state index in [2.05, 4.69) is 34.6 Å². The van der Waals surface area contributed by atoms with Gasteiger partial charge < -0.3 is 9.31 Å². The quantitative estimate of drug-likeness (QED) is 0.751. The fourth-order valence-electron chi connectivity index (χ4n) is 2.02. The molecule has 0 aliphatic carbocycles. The van der Waals surface area contributed by atoms with Crippen LogP contribution < -0.4 is 0 Å². The van der Waals surface area contributed by atoms with Crippen molar-refractivity contribution in [3.05, 3.63) is 34.9 Å². The Labute approximate surface area is 115 Å². The molecule has 0 bridgehead atoms. The Morgan fingerprint density at radius 1 is 1.00 bits per heavy atom. The van der Waals surface area contributed by atoms with Crippen LogP contribution in [0.1, 0.15) is 46.0 Å². The highest BCUT2D eigenvalue weighted by atomic mass is 35.5.